The summed E-state index contributed by atoms with van der Waals surface area (Å²) in [5, 5.41) is 12.4. The maximum absolute atomic E-state index is 4.61. The van der Waals surface area contributed by atoms with Gasteiger partial charge in [0.15, 0.2) is 0 Å². The van der Waals surface area contributed by atoms with E-state index < -0.39 is 0 Å². The fourth-order valence-corrected chi connectivity index (χ4v) is 2.16. The summed E-state index contributed by atoms with van der Waals surface area (Å²) in [6.07, 6.45) is 6.92. The highest BCUT2D eigenvalue weighted by Crippen LogP contribution is 2.17. The maximum atomic E-state index is 4.61. The van der Waals surface area contributed by atoms with Crippen LogP contribution in [0, 0.1) is 0 Å². The molecule has 2 aromatic heterocycles. The van der Waals surface area contributed by atoms with Gasteiger partial charge in [-0.25, -0.2) is 0 Å². The van der Waals surface area contributed by atoms with E-state index in [2.05, 4.69) is 48.5 Å². The molecule has 0 saturated carbocycles. The standard InChI is InChI=1S/C14H23N5/c1-5-15-14(12-9-16-18(4)10-12)8-13-6-7-19(17-13)11(2)3/h6-7,9-11,14-15H,5,8H2,1-4H3. The Morgan fingerprint density at radius 3 is 2.68 bits per heavy atom. The fourth-order valence-electron chi connectivity index (χ4n) is 2.16. The Balaban J connectivity index is 2.11. The minimum Gasteiger partial charge on any atom is -0.310 e. The summed E-state index contributed by atoms with van der Waals surface area (Å²) in [4.78, 5) is 0. The van der Waals surface area contributed by atoms with Crippen molar-refractivity contribution in [2.24, 2.45) is 7.05 Å². The summed E-state index contributed by atoms with van der Waals surface area (Å²) in [5.74, 6) is 0. The van der Waals surface area contributed by atoms with Gasteiger partial charge >= 0.3 is 0 Å². The van der Waals surface area contributed by atoms with Crippen LogP contribution in [0.4, 0.5) is 0 Å². The van der Waals surface area contributed by atoms with E-state index in [1.807, 2.05) is 28.8 Å². The number of hydrogen-bond acceptors (Lipinski definition) is 3. The monoisotopic (exact) mass is 261 g/mol. The number of nitrogens with one attached hydrogen (secondary N) is 1. The van der Waals surface area contributed by atoms with Gasteiger partial charge in [-0.3, -0.25) is 9.36 Å². The Kier molecular flexibility index (Phi) is 4.37. The third kappa shape index (κ3) is 3.44. The van der Waals surface area contributed by atoms with E-state index in [-0.39, 0.29) is 6.04 Å². The number of rotatable bonds is 6. The quantitative estimate of drug-likeness (QED) is 0.866. The first-order valence-corrected chi connectivity index (χ1v) is 6.86. The SMILES string of the molecule is CCNC(Cc1ccn(C(C)C)n1)c1cnn(C)c1. The van der Waals surface area contributed by atoms with Crippen LogP contribution in [0.1, 0.15) is 44.1 Å². The second-order valence-electron chi connectivity index (χ2n) is 5.14. The van der Waals surface area contributed by atoms with Crippen molar-refractivity contribution in [1.29, 1.82) is 0 Å². The molecule has 2 aromatic rings. The highest BCUT2D eigenvalue weighted by molar-refractivity contribution is 5.14. The molecule has 1 N–H and O–H groups in total. The van der Waals surface area contributed by atoms with Crippen molar-refractivity contribution in [3.05, 3.63) is 35.9 Å². The molecule has 0 bridgehead atoms. The van der Waals surface area contributed by atoms with Crippen molar-refractivity contribution in [2.75, 3.05) is 6.54 Å². The lowest BCUT2D eigenvalue weighted by Gasteiger charge is -2.15. The van der Waals surface area contributed by atoms with Crippen LogP contribution in [-0.4, -0.2) is 26.1 Å². The Labute approximate surface area is 114 Å². The summed E-state index contributed by atoms with van der Waals surface area (Å²) in [7, 11) is 1.94. The minimum atomic E-state index is 0.272. The third-order valence-electron chi connectivity index (χ3n) is 3.18. The second-order valence-corrected chi connectivity index (χ2v) is 5.14. The molecule has 5 nitrogen and oxygen atoms in total. The van der Waals surface area contributed by atoms with Crippen LogP contribution in [0.2, 0.25) is 0 Å². The Hall–Kier alpha value is -1.62. The van der Waals surface area contributed by atoms with Gasteiger partial charge in [0.2, 0.25) is 0 Å². The zero-order valence-electron chi connectivity index (χ0n) is 12.2. The van der Waals surface area contributed by atoms with Gasteiger partial charge in [-0.2, -0.15) is 10.2 Å². The van der Waals surface area contributed by atoms with Crippen molar-refractivity contribution in [1.82, 2.24) is 24.9 Å². The minimum absolute atomic E-state index is 0.272. The van der Waals surface area contributed by atoms with Gasteiger partial charge < -0.3 is 5.32 Å². The molecule has 0 amide bonds. The normalized spacial score (nSPS) is 13.1. The van der Waals surface area contributed by atoms with Crippen molar-refractivity contribution >= 4 is 0 Å². The van der Waals surface area contributed by atoms with Crippen LogP contribution < -0.4 is 5.32 Å². The van der Waals surface area contributed by atoms with Crippen molar-refractivity contribution in [3.63, 3.8) is 0 Å². The van der Waals surface area contributed by atoms with E-state index >= 15 is 0 Å². The summed E-state index contributed by atoms with van der Waals surface area (Å²) in [6, 6.07) is 2.78. The van der Waals surface area contributed by atoms with Crippen LogP contribution in [0.5, 0.6) is 0 Å². The van der Waals surface area contributed by atoms with Gasteiger partial charge in [-0.1, -0.05) is 6.92 Å². The number of hydrogen-bond donors (Lipinski definition) is 1. The van der Waals surface area contributed by atoms with Crippen LogP contribution in [0.15, 0.2) is 24.7 Å². The second kappa shape index (κ2) is 6.02. The molecule has 0 spiro atoms. The molecular formula is C14H23N5. The zero-order chi connectivity index (χ0) is 13.8. The number of nitrogens with zero attached hydrogens (tertiary/aromatic N) is 4. The smallest absolute Gasteiger partial charge is 0.0643 e. The average Bonchev–Trinajstić information content (AvgIpc) is 2.97. The first-order valence-electron chi connectivity index (χ1n) is 6.86. The molecule has 1 unspecified atom stereocenters. The summed E-state index contributed by atoms with van der Waals surface area (Å²) >= 11 is 0. The van der Waals surface area contributed by atoms with Gasteiger partial charge in [0.1, 0.15) is 0 Å². The van der Waals surface area contributed by atoms with E-state index in [0.717, 1.165) is 18.7 Å². The molecule has 2 rings (SSSR count). The van der Waals surface area contributed by atoms with Crippen molar-refractivity contribution < 1.29 is 0 Å². The van der Waals surface area contributed by atoms with Crippen LogP contribution in [0.3, 0.4) is 0 Å². The molecule has 1 atom stereocenters. The van der Waals surface area contributed by atoms with Crippen LogP contribution in [-0.2, 0) is 13.5 Å². The van der Waals surface area contributed by atoms with Crippen molar-refractivity contribution in [2.45, 2.75) is 39.3 Å². The molecule has 0 aliphatic heterocycles. The predicted molar refractivity (Wildman–Crippen MR) is 75.9 cm³/mol. The Morgan fingerprint density at radius 2 is 2.16 bits per heavy atom. The predicted octanol–water partition coefficient (Wildman–Crippen LogP) is 2.09. The topological polar surface area (TPSA) is 47.7 Å². The van der Waals surface area contributed by atoms with Gasteiger partial charge in [0.05, 0.1) is 11.9 Å². The van der Waals surface area contributed by atoms with Gasteiger partial charge in [-0.05, 0) is 26.5 Å². The molecule has 104 valence electrons. The molecule has 0 saturated heterocycles. The molecule has 0 aromatic carbocycles. The first-order chi connectivity index (χ1) is 9.10. The van der Waals surface area contributed by atoms with E-state index in [1.54, 1.807) is 0 Å². The number of aromatic nitrogens is 4. The number of likely N-dealkylation sites (N-methyl/N-ethyl adjacent to an activating group) is 1. The molecule has 0 fully saturated rings. The molecular weight excluding hydrogens is 238 g/mol. The first kappa shape index (κ1) is 13.8. The Morgan fingerprint density at radius 1 is 1.37 bits per heavy atom. The lowest BCUT2D eigenvalue weighted by Crippen LogP contribution is -2.23. The molecule has 2 heterocycles. The highest BCUT2D eigenvalue weighted by atomic mass is 15.3. The van der Waals surface area contributed by atoms with E-state index in [0.29, 0.717) is 6.04 Å². The lowest BCUT2D eigenvalue weighted by molar-refractivity contribution is 0.506. The third-order valence-corrected chi connectivity index (χ3v) is 3.18. The number of aryl methyl sites for hydroxylation is 1. The van der Waals surface area contributed by atoms with Gasteiger partial charge in [0.25, 0.3) is 0 Å². The maximum Gasteiger partial charge on any atom is 0.0643 e. The van der Waals surface area contributed by atoms with Crippen molar-refractivity contribution in [3.8, 4) is 0 Å². The molecule has 0 aliphatic carbocycles. The molecule has 0 aliphatic rings. The van der Waals surface area contributed by atoms with E-state index in [9.17, 15) is 0 Å². The van der Waals surface area contributed by atoms with Gasteiger partial charge in [-0.15, -0.1) is 0 Å². The van der Waals surface area contributed by atoms with E-state index in [1.165, 1.54) is 5.56 Å². The van der Waals surface area contributed by atoms with Crippen LogP contribution >= 0.6 is 0 Å². The van der Waals surface area contributed by atoms with Crippen LogP contribution in [0.25, 0.3) is 0 Å². The summed E-state index contributed by atoms with van der Waals surface area (Å²) in [5.41, 5.74) is 2.33. The fraction of sp³-hybridized carbons (Fsp3) is 0.571. The molecule has 5 heteroatoms. The molecule has 0 radical (unpaired) electrons. The zero-order valence-corrected chi connectivity index (χ0v) is 12.2. The average molecular weight is 261 g/mol. The summed E-state index contributed by atoms with van der Waals surface area (Å²) in [6.45, 7) is 7.33. The largest absolute Gasteiger partial charge is 0.310 e. The lowest BCUT2D eigenvalue weighted by atomic mass is 10.1. The summed E-state index contributed by atoms with van der Waals surface area (Å²) < 4.78 is 3.84. The highest BCUT2D eigenvalue weighted by Gasteiger charge is 2.14. The van der Waals surface area contributed by atoms with E-state index in [4.69, 9.17) is 0 Å². The van der Waals surface area contributed by atoms with Gasteiger partial charge in [0, 0.05) is 43.5 Å². The molecule has 19 heavy (non-hydrogen) atoms. The Bertz CT molecular complexity index is 511.